The van der Waals surface area contributed by atoms with Gasteiger partial charge in [-0.2, -0.15) is 0 Å². The van der Waals surface area contributed by atoms with Crippen LogP contribution in [0.15, 0.2) is 0 Å². The standard InChI is InChI=1S/C77H150O17P2/c1-7-9-11-13-14-15-16-17-18-19-20-21-22-23-24-25-26-33-38-43-49-55-61-77(82)94-73(66-88-75(80)60-54-48-42-37-32-28-27-30-35-40-46-51-57-69(3)4)68-92-96(85,86)90-64-71(78)63-89-95(83,84)91-67-72(65-87-74(79)59-53-45-12-10-8-2)93-76(81)62-56-50-44-39-34-29-31-36-41-47-52-58-70(5)6/h69-73,78H,7-68H2,1-6H3,(H,83,84)(H,85,86)/t71-,72+,73+/m0/s1. The van der Waals surface area contributed by atoms with Crippen LogP contribution >= 0.6 is 15.6 Å². The van der Waals surface area contributed by atoms with E-state index in [-0.39, 0.29) is 25.7 Å². The number of unbranched alkanes of at least 4 members (excludes halogenated alkanes) is 46. The quantitative estimate of drug-likeness (QED) is 0.0222. The fraction of sp³-hybridized carbons (Fsp3) is 0.948. The Labute approximate surface area is 588 Å². The summed E-state index contributed by atoms with van der Waals surface area (Å²) in [6.45, 7) is 9.52. The number of carbonyl (C=O) groups excluding carboxylic acids is 4. The summed E-state index contributed by atoms with van der Waals surface area (Å²) in [5, 5.41) is 10.6. The third-order valence-corrected chi connectivity index (χ3v) is 19.9. The van der Waals surface area contributed by atoms with E-state index in [1.165, 1.54) is 212 Å². The summed E-state index contributed by atoms with van der Waals surface area (Å²) >= 11 is 0. The molecule has 0 aliphatic rings. The zero-order valence-electron chi connectivity index (χ0n) is 62.7. The first-order valence-corrected chi connectivity index (χ1v) is 43.0. The van der Waals surface area contributed by atoms with Crippen molar-refractivity contribution in [3.8, 4) is 0 Å². The molecule has 0 heterocycles. The predicted molar refractivity (Wildman–Crippen MR) is 391 cm³/mol. The van der Waals surface area contributed by atoms with Crippen molar-refractivity contribution in [3.63, 3.8) is 0 Å². The van der Waals surface area contributed by atoms with Gasteiger partial charge in [-0.3, -0.25) is 37.3 Å². The van der Waals surface area contributed by atoms with Crippen molar-refractivity contribution in [3.05, 3.63) is 0 Å². The molecule has 0 spiro atoms. The Morgan fingerprint density at radius 3 is 0.708 bits per heavy atom. The third-order valence-electron chi connectivity index (χ3n) is 18.0. The van der Waals surface area contributed by atoms with Gasteiger partial charge >= 0.3 is 39.5 Å². The SMILES string of the molecule is CCCCCCCCCCCCCCCCCCCCCCCCC(=O)O[C@H](COC(=O)CCCCCCCCCCCCCCC(C)C)COP(=O)(O)OC[C@@H](O)COP(=O)(O)OC[C@@H](COC(=O)CCCCCCC)OC(=O)CCCCCCCCCCCCCC(C)C. The Morgan fingerprint density at radius 2 is 0.479 bits per heavy atom. The van der Waals surface area contributed by atoms with Crippen LogP contribution in [-0.4, -0.2) is 96.7 Å². The second-order valence-electron chi connectivity index (χ2n) is 28.7. The number of carbonyl (C=O) groups is 4. The molecule has 0 bridgehead atoms. The molecule has 0 aliphatic carbocycles. The average Bonchev–Trinajstić information content (AvgIpc) is 1.34. The van der Waals surface area contributed by atoms with E-state index in [9.17, 15) is 43.2 Å². The molecule has 0 saturated heterocycles. The van der Waals surface area contributed by atoms with Crippen LogP contribution in [0.2, 0.25) is 0 Å². The molecule has 0 aromatic rings. The molecule has 0 rings (SSSR count). The van der Waals surface area contributed by atoms with Gasteiger partial charge in [-0.1, -0.05) is 350 Å². The number of esters is 4. The predicted octanol–water partition coefficient (Wildman–Crippen LogP) is 22.7. The zero-order chi connectivity index (χ0) is 70.7. The number of rotatable bonds is 76. The Hall–Kier alpha value is -1.94. The van der Waals surface area contributed by atoms with Gasteiger partial charge in [-0.05, 0) is 37.5 Å². The minimum atomic E-state index is -4.96. The largest absolute Gasteiger partial charge is 0.472 e. The molecule has 5 atom stereocenters. The molecule has 0 aromatic carbocycles. The summed E-state index contributed by atoms with van der Waals surface area (Å²) in [4.78, 5) is 72.5. The van der Waals surface area contributed by atoms with Gasteiger partial charge < -0.3 is 33.8 Å². The van der Waals surface area contributed by atoms with E-state index in [1.54, 1.807) is 0 Å². The van der Waals surface area contributed by atoms with Crippen LogP contribution in [0.25, 0.3) is 0 Å². The second-order valence-corrected chi connectivity index (χ2v) is 31.6. The maximum Gasteiger partial charge on any atom is 0.472 e. The first kappa shape index (κ1) is 94.1. The Kier molecular flexibility index (Phi) is 67.4. The van der Waals surface area contributed by atoms with E-state index in [0.717, 1.165) is 108 Å². The number of phosphoric ester groups is 2. The molecule has 0 amide bonds. The molecule has 0 aliphatic heterocycles. The van der Waals surface area contributed by atoms with Crippen molar-refractivity contribution in [1.82, 2.24) is 0 Å². The smallest absolute Gasteiger partial charge is 0.462 e. The third kappa shape index (κ3) is 70.5. The molecule has 0 fully saturated rings. The molecule has 0 aromatic heterocycles. The van der Waals surface area contributed by atoms with Gasteiger partial charge in [0.1, 0.15) is 19.3 Å². The Balaban J connectivity index is 5.11. The molecular formula is C77H150O17P2. The van der Waals surface area contributed by atoms with Crippen molar-refractivity contribution in [2.24, 2.45) is 11.8 Å². The number of aliphatic hydroxyl groups is 1. The zero-order valence-corrected chi connectivity index (χ0v) is 64.5. The van der Waals surface area contributed by atoms with Gasteiger partial charge in [0.25, 0.3) is 0 Å². The molecule has 0 radical (unpaired) electrons. The Bertz CT molecular complexity index is 1860. The number of hydrogen-bond acceptors (Lipinski definition) is 15. The summed E-state index contributed by atoms with van der Waals surface area (Å²) < 4.78 is 68.3. The molecule has 0 saturated carbocycles. The van der Waals surface area contributed by atoms with Crippen LogP contribution in [0.3, 0.4) is 0 Å². The lowest BCUT2D eigenvalue weighted by Gasteiger charge is -2.21. The molecular weight excluding hydrogens is 1260 g/mol. The van der Waals surface area contributed by atoms with Crippen LogP contribution in [0.1, 0.15) is 401 Å². The van der Waals surface area contributed by atoms with E-state index in [2.05, 4.69) is 41.5 Å². The fourth-order valence-electron chi connectivity index (χ4n) is 11.8. The number of hydrogen-bond donors (Lipinski definition) is 3. The molecule has 19 heteroatoms. The number of phosphoric acid groups is 2. The highest BCUT2D eigenvalue weighted by molar-refractivity contribution is 7.47. The molecule has 17 nitrogen and oxygen atoms in total. The van der Waals surface area contributed by atoms with Gasteiger partial charge in [0, 0.05) is 25.7 Å². The Morgan fingerprint density at radius 1 is 0.281 bits per heavy atom. The minimum Gasteiger partial charge on any atom is -0.462 e. The van der Waals surface area contributed by atoms with Crippen LogP contribution < -0.4 is 0 Å². The normalized spacial score (nSPS) is 14.0. The number of ether oxygens (including phenoxy) is 4. The van der Waals surface area contributed by atoms with Crippen LogP contribution in [0, 0.1) is 11.8 Å². The van der Waals surface area contributed by atoms with Crippen molar-refractivity contribution in [1.29, 1.82) is 0 Å². The lowest BCUT2D eigenvalue weighted by atomic mass is 10.0. The molecule has 96 heavy (non-hydrogen) atoms. The van der Waals surface area contributed by atoms with E-state index >= 15 is 0 Å². The second kappa shape index (κ2) is 68.8. The van der Waals surface area contributed by atoms with E-state index in [0.29, 0.717) is 25.7 Å². The van der Waals surface area contributed by atoms with Crippen LogP contribution in [0.5, 0.6) is 0 Å². The average molecular weight is 1410 g/mol. The van der Waals surface area contributed by atoms with Gasteiger partial charge in [0.2, 0.25) is 0 Å². The van der Waals surface area contributed by atoms with Crippen molar-refractivity contribution < 1.29 is 80.2 Å². The first-order chi connectivity index (χ1) is 46.4. The maximum absolute atomic E-state index is 13.1. The van der Waals surface area contributed by atoms with E-state index in [4.69, 9.17) is 37.0 Å². The summed E-state index contributed by atoms with van der Waals surface area (Å²) in [6, 6.07) is 0. The van der Waals surface area contributed by atoms with E-state index < -0.39 is 97.5 Å². The van der Waals surface area contributed by atoms with Crippen molar-refractivity contribution >= 4 is 39.5 Å². The van der Waals surface area contributed by atoms with Gasteiger partial charge in [-0.25, -0.2) is 9.13 Å². The van der Waals surface area contributed by atoms with Gasteiger partial charge in [-0.15, -0.1) is 0 Å². The molecule has 3 N–H and O–H groups in total. The summed E-state index contributed by atoms with van der Waals surface area (Å²) in [6.07, 6.45) is 57.4. The van der Waals surface area contributed by atoms with Crippen molar-refractivity contribution in [2.45, 2.75) is 419 Å². The lowest BCUT2D eigenvalue weighted by Crippen LogP contribution is -2.30. The van der Waals surface area contributed by atoms with Crippen LogP contribution in [0.4, 0.5) is 0 Å². The summed E-state index contributed by atoms with van der Waals surface area (Å²) in [7, 11) is -9.90. The van der Waals surface area contributed by atoms with Gasteiger partial charge in [0.15, 0.2) is 12.2 Å². The van der Waals surface area contributed by atoms with E-state index in [1.807, 2.05) is 0 Å². The van der Waals surface area contributed by atoms with Gasteiger partial charge in [0.05, 0.1) is 26.4 Å². The van der Waals surface area contributed by atoms with Crippen LogP contribution in [-0.2, 0) is 65.4 Å². The lowest BCUT2D eigenvalue weighted by molar-refractivity contribution is -0.161. The summed E-state index contributed by atoms with van der Waals surface area (Å²) in [5.74, 6) is -0.580. The first-order valence-electron chi connectivity index (χ1n) is 40.0. The summed E-state index contributed by atoms with van der Waals surface area (Å²) in [5.41, 5.74) is 0. The highest BCUT2D eigenvalue weighted by Crippen LogP contribution is 2.45. The fourth-order valence-corrected chi connectivity index (χ4v) is 13.4. The topological polar surface area (TPSA) is 237 Å². The monoisotopic (exact) mass is 1410 g/mol. The molecule has 2 unspecified atom stereocenters. The maximum atomic E-state index is 13.1. The highest BCUT2D eigenvalue weighted by atomic mass is 31.2. The van der Waals surface area contributed by atoms with Crippen molar-refractivity contribution in [2.75, 3.05) is 39.6 Å². The highest BCUT2D eigenvalue weighted by Gasteiger charge is 2.30. The molecule has 570 valence electrons. The number of aliphatic hydroxyl groups excluding tert-OH is 1. The minimum absolute atomic E-state index is 0.106.